The lowest BCUT2D eigenvalue weighted by Gasteiger charge is -2.41. The Kier molecular flexibility index (Phi) is 6.36. The Labute approximate surface area is 205 Å². The van der Waals surface area contributed by atoms with Crippen LogP contribution < -0.4 is 5.32 Å². The zero-order valence-corrected chi connectivity index (χ0v) is 19.9. The average molecular weight is 471 g/mol. The van der Waals surface area contributed by atoms with Crippen LogP contribution in [0.15, 0.2) is 85.2 Å². The zero-order chi connectivity index (χ0) is 24.3. The number of aromatic nitrogens is 1. The number of likely N-dealkylation sites (tertiary alicyclic amines) is 1. The van der Waals surface area contributed by atoms with Crippen molar-refractivity contribution in [3.63, 3.8) is 0 Å². The van der Waals surface area contributed by atoms with E-state index in [1.807, 2.05) is 48.5 Å². The van der Waals surface area contributed by atoms with E-state index in [9.17, 15) is 9.59 Å². The summed E-state index contributed by atoms with van der Waals surface area (Å²) in [5, 5.41) is 3.00. The van der Waals surface area contributed by atoms with Crippen LogP contribution in [0.3, 0.4) is 0 Å². The van der Waals surface area contributed by atoms with E-state index in [4.69, 9.17) is 4.74 Å². The Morgan fingerprint density at radius 2 is 1.40 bits per heavy atom. The fourth-order valence-electron chi connectivity index (χ4n) is 5.36. The van der Waals surface area contributed by atoms with Crippen molar-refractivity contribution < 1.29 is 14.3 Å². The number of amides is 3. The molecule has 3 amide bonds. The molecule has 0 saturated carbocycles. The van der Waals surface area contributed by atoms with Gasteiger partial charge >= 0.3 is 6.03 Å². The van der Waals surface area contributed by atoms with Crippen LogP contribution >= 0.6 is 0 Å². The largest absolute Gasteiger partial charge is 0.373 e. The monoisotopic (exact) mass is 470 g/mol. The fraction of sp³-hybridized carbons (Fsp3) is 0.321. The van der Waals surface area contributed by atoms with Gasteiger partial charge in [-0.3, -0.25) is 14.7 Å². The predicted molar refractivity (Wildman–Crippen MR) is 133 cm³/mol. The molecule has 1 unspecified atom stereocenters. The van der Waals surface area contributed by atoms with Crippen molar-refractivity contribution in [2.24, 2.45) is 0 Å². The molecule has 1 aromatic heterocycles. The highest BCUT2D eigenvalue weighted by Gasteiger charge is 2.53. The molecule has 7 nitrogen and oxygen atoms in total. The Morgan fingerprint density at radius 1 is 0.829 bits per heavy atom. The fourth-order valence-corrected chi connectivity index (χ4v) is 5.36. The van der Waals surface area contributed by atoms with E-state index in [1.165, 1.54) is 10.5 Å². The third-order valence-corrected chi connectivity index (χ3v) is 7.42. The average Bonchev–Trinajstić information content (AvgIpc) is 3.19. The first kappa shape index (κ1) is 23.2. The molecular weight excluding hydrogens is 440 g/mol. The van der Waals surface area contributed by atoms with E-state index < -0.39 is 5.54 Å². The summed E-state index contributed by atoms with van der Waals surface area (Å²) >= 11 is 0. The number of ether oxygens (including phenoxy) is 1. The maximum Gasteiger partial charge on any atom is 0.325 e. The Hall–Kier alpha value is -3.55. The summed E-state index contributed by atoms with van der Waals surface area (Å²) in [6.07, 6.45) is 5.01. The normalized spacial score (nSPS) is 22.3. The van der Waals surface area contributed by atoms with Crippen LogP contribution in [0, 0.1) is 0 Å². The van der Waals surface area contributed by atoms with Gasteiger partial charge in [0, 0.05) is 45.7 Å². The number of hydrogen-bond donors (Lipinski definition) is 1. The summed E-state index contributed by atoms with van der Waals surface area (Å²) in [4.78, 5) is 34.7. The number of pyridine rings is 1. The number of urea groups is 1. The lowest BCUT2D eigenvalue weighted by atomic mass is 9.83. The number of piperidine rings is 1. The van der Waals surface area contributed by atoms with Gasteiger partial charge in [-0.25, -0.2) is 4.79 Å². The third-order valence-electron chi connectivity index (χ3n) is 7.42. The molecule has 0 bridgehead atoms. The SMILES string of the molecule is COC1(c2ccccc2)CCN(CCN2C(=O)NC(c3ccccc3)(c3ccncc3)C2=O)CC1. The molecule has 0 aliphatic carbocycles. The van der Waals surface area contributed by atoms with Crippen LogP contribution in [-0.4, -0.2) is 60.0 Å². The van der Waals surface area contributed by atoms with Crippen molar-refractivity contribution in [3.05, 3.63) is 102 Å². The number of imide groups is 1. The molecule has 180 valence electrons. The number of rotatable bonds is 7. The molecule has 2 fully saturated rings. The molecule has 0 radical (unpaired) electrons. The standard InChI is InChI=1S/C28H30N4O3/c1-35-27(22-8-4-2-5-9-22)14-18-31(19-15-27)20-21-32-25(33)28(30-26(32)34,23-10-6-3-7-11-23)24-12-16-29-17-13-24/h2-13,16-17H,14-15,18-21H2,1H3,(H,30,34). The smallest absolute Gasteiger partial charge is 0.325 e. The van der Waals surface area contributed by atoms with Gasteiger partial charge in [-0.2, -0.15) is 0 Å². The number of hydrogen-bond acceptors (Lipinski definition) is 5. The Balaban J connectivity index is 1.31. The van der Waals surface area contributed by atoms with Gasteiger partial charge in [-0.1, -0.05) is 60.7 Å². The van der Waals surface area contributed by atoms with Crippen molar-refractivity contribution >= 4 is 11.9 Å². The first-order chi connectivity index (χ1) is 17.1. The highest BCUT2D eigenvalue weighted by atomic mass is 16.5. The van der Waals surface area contributed by atoms with Gasteiger partial charge in [0.25, 0.3) is 5.91 Å². The molecule has 3 heterocycles. The highest BCUT2D eigenvalue weighted by Crippen LogP contribution is 2.37. The van der Waals surface area contributed by atoms with Crippen LogP contribution in [0.5, 0.6) is 0 Å². The summed E-state index contributed by atoms with van der Waals surface area (Å²) in [5.41, 5.74) is 1.09. The van der Waals surface area contributed by atoms with Gasteiger partial charge < -0.3 is 15.0 Å². The molecule has 35 heavy (non-hydrogen) atoms. The van der Waals surface area contributed by atoms with E-state index in [0.717, 1.165) is 31.5 Å². The van der Waals surface area contributed by atoms with Crippen molar-refractivity contribution in [2.45, 2.75) is 24.0 Å². The summed E-state index contributed by atoms with van der Waals surface area (Å²) < 4.78 is 5.99. The van der Waals surface area contributed by atoms with E-state index in [-0.39, 0.29) is 17.5 Å². The molecule has 2 aliphatic rings. The topological polar surface area (TPSA) is 74.8 Å². The number of methoxy groups -OCH3 is 1. The maximum atomic E-state index is 13.8. The minimum absolute atomic E-state index is 0.257. The summed E-state index contributed by atoms with van der Waals surface area (Å²) in [6, 6.07) is 22.9. The Morgan fingerprint density at radius 3 is 2.00 bits per heavy atom. The van der Waals surface area contributed by atoms with E-state index in [0.29, 0.717) is 18.7 Å². The minimum atomic E-state index is -1.25. The van der Waals surface area contributed by atoms with Gasteiger partial charge in [0.2, 0.25) is 0 Å². The molecule has 1 N–H and O–H groups in total. The predicted octanol–water partition coefficient (Wildman–Crippen LogP) is 3.51. The quantitative estimate of drug-likeness (QED) is 0.535. The number of benzene rings is 2. The van der Waals surface area contributed by atoms with Crippen molar-refractivity contribution in [3.8, 4) is 0 Å². The summed E-state index contributed by atoms with van der Waals surface area (Å²) in [7, 11) is 1.78. The summed E-state index contributed by atoms with van der Waals surface area (Å²) in [6.45, 7) is 2.62. The minimum Gasteiger partial charge on any atom is -0.373 e. The summed E-state index contributed by atoms with van der Waals surface area (Å²) in [5.74, 6) is -0.257. The van der Waals surface area contributed by atoms with Crippen molar-refractivity contribution in [1.82, 2.24) is 20.1 Å². The maximum absolute atomic E-state index is 13.8. The second-order valence-electron chi connectivity index (χ2n) is 9.14. The van der Waals surface area contributed by atoms with E-state index in [2.05, 4.69) is 27.3 Å². The lowest BCUT2D eigenvalue weighted by Crippen LogP contribution is -2.47. The van der Waals surface area contributed by atoms with Gasteiger partial charge in [0.1, 0.15) is 0 Å². The first-order valence-corrected chi connectivity index (χ1v) is 12.0. The molecule has 7 heteroatoms. The molecule has 5 rings (SSSR count). The van der Waals surface area contributed by atoms with Gasteiger partial charge in [0.15, 0.2) is 5.54 Å². The molecule has 0 spiro atoms. The van der Waals surface area contributed by atoms with Crippen LogP contribution in [0.4, 0.5) is 4.79 Å². The third kappa shape index (κ3) is 4.11. The molecule has 3 aromatic rings. The van der Waals surface area contributed by atoms with Crippen LogP contribution in [0.1, 0.15) is 29.5 Å². The van der Waals surface area contributed by atoms with Gasteiger partial charge in [0.05, 0.1) is 5.60 Å². The number of carbonyl (C=O) groups excluding carboxylic acids is 2. The van der Waals surface area contributed by atoms with E-state index >= 15 is 0 Å². The van der Waals surface area contributed by atoms with Crippen LogP contribution in [0.2, 0.25) is 0 Å². The number of carbonyl (C=O) groups is 2. The first-order valence-electron chi connectivity index (χ1n) is 12.0. The lowest BCUT2D eigenvalue weighted by molar-refractivity contribution is -0.130. The zero-order valence-electron chi connectivity index (χ0n) is 19.9. The number of nitrogens with one attached hydrogen (secondary N) is 1. The molecule has 2 aromatic carbocycles. The van der Waals surface area contributed by atoms with Gasteiger partial charge in [-0.05, 0) is 41.7 Å². The highest BCUT2D eigenvalue weighted by molar-refractivity contribution is 6.09. The second kappa shape index (κ2) is 9.60. The van der Waals surface area contributed by atoms with Crippen molar-refractivity contribution in [2.75, 3.05) is 33.3 Å². The number of nitrogens with zero attached hydrogens (tertiary/aromatic N) is 3. The second-order valence-corrected chi connectivity index (χ2v) is 9.14. The van der Waals surface area contributed by atoms with Crippen LogP contribution in [-0.2, 0) is 20.7 Å². The molecule has 1 atom stereocenters. The van der Waals surface area contributed by atoms with Crippen molar-refractivity contribution in [1.29, 1.82) is 0 Å². The molecular formula is C28H30N4O3. The Bertz CT molecular complexity index is 1120. The molecule has 2 saturated heterocycles. The van der Waals surface area contributed by atoms with Gasteiger partial charge in [-0.15, -0.1) is 0 Å². The van der Waals surface area contributed by atoms with Crippen LogP contribution in [0.25, 0.3) is 0 Å². The molecule has 2 aliphatic heterocycles. The van der Waals surface area contributed by atoms with E-state index in [1.54, 1.807) is 31.6 Å².